The molecule has 2 heterocycles. The van der Waals surface area contributed by atoms with Crippen LogP contribution in [0, 0.1) is 84.0 Å². The summed E-state index contributed by atoms with van der Waals surface area (Å²) in [4.78, 5) is 0.174. The van der Waals surface area contributed by atoms with Gasteiger partial charge in [-0.25, -0.2) is 23.5 Å². The van der Waals surface area contributed by atoms with Crippen LogP contribution >= 0.6 is 55.2 Å². The van der Waals surface area contributed by atoms with Crippen molar-refractivity contribution in [3.05, 3.63) is 406 Å². The largest absolute Gasteiger partial charge is 4.00 e. The van der Waals surface area contributed by atoms with Crippen LogP contribution in [-0.2, 0) is 39.0 Å². The molecule has 14 rings (SSSR count). The van der Waals surface area contributed by atoms with Gasteiger partial charge in [-0.2, -0.15) is 26.3 Å². The molecule has 2 N–H and O–H groups in total. The summed E-state index contributed by atoms with van der Waals surface area (Å²) in [5, 5.41) is 11.9. The monoisotopic (exact) mass is 1760 g/mol. The molecule has 0 aromatic heterocycles. The maximum atomic E-state index is 14.6. The van der Waals surface area contributed by atoms with Crippen LogP contribution in [-0.4, -0.2) is 51.9 Å². The van der Waals surface area contributed by atoms with Crippen molar-refractivity contribution >= 4 is 103 Å². The van der Waals surface area contributed by atoms with Gasteiger partial charge in [-0.15, -0.1) is 73.2 Å². The van der Waals surface area contributed by atoms with Crippen LogP contribution in [0.25, 0.3) is 0 Å². The smallest absolute Gasteiger partial charge is 0.399 e. The fourth-order valence-corrected chi connectivity index (χ4v) is 25.4. The minimum atomic E-state index is -5.60. The van der Waals surface area contributed by atoms with Crippen molar-refractivity contribution in [2.24, 2.45) is 0 Å². The molecule has 0 radical (unpaired) electrons. The van der Waals surface area contributed by atoms with E-state index < -0.39 is 70.1 Å². The molecule has 2 aliphatic carbocycles. The molecule has 0 amide bonds. The summed E-state index contributed by atoms with van der Waals surface area (Å²) in [5.74, 6) is -7.13. The zero-order chi connectivity index (χ0) is 78.5. The fraction of sp³-hybridized carbons (Fsp3) is 0.167. The first-order valence-electron chi connectivity index (χ1n) is 35.7. The third kappa shape index (κ3) is 23.6. The Morgan fingerprint density at radius 3 is 0.730 bits per heavy atom. The normalized spacial score (nSPS) is 16.5. The quantitative estimate of drug-likeness (QED) is 0.0261. The molecule has 0 unspecified atom stereocenters. The molecule has 4 aliphatic rings. The minimum Gasteiger partial charge on any atom is -0.399 e. The number of nitrogens with two attached hydrogens (primary N) is 1. The van der Waals surface area contributed by atoms with E-state index in [2.05, 4.69) is 282 Å². The third-order valence-electron chi connectivity index (χ3n) is 18.5. The van der Waals surface area contributed by atoms with E-state index in [4.69, 9.17) is 31.4 Å². The number of thioether (sulfide) groups is 2. The number of rotatable bonds is 16. The topological polar surface area (TPSA) is 26.0 Å². The number of hydrogen-bond donors (Lipinski definition) is 1. The number of aryl methyl sites for hydroxylation is 1. The van der Waals surface area contributed by atoms with Crippen LogP contribution in [0.15, 0.2) is 335 Å². The van der Waals surface area contributed by atoms with E-state index in [0.29, 0.717) is 5.69 Å². The molecule has 2 atom stereocenters. The molecule has 0 spiro atoms. The van der Waals surface area contributed by atoms with Gasteiger partial charge >= 0.3 is 56.7 Å². The zero-order valence-corrected chi connectivity index (χ0v) is 71.3. The Balaban J connectivity index is 0.000000207. The van der Waals surface area contributed by atoms with Gasteiger partial charge in [0, 0.05) is 51.0 Å². The average molecular weight is 1760 g/mol. The van der Waals surface area contributed by atoms with E-state index in [0.717, 1.165) is 72.5 Å². The summed E-state index contributed by atoms with van der Waals surface area (Å²) in [5.41, 5.74) is 5.45. The number of fused-ring (bicyclic) bond motifs is 4. The van der Waals surface area contributed by atoms with Gasteiger partial charge in [0.2, 0.25) is 0 Å². The van der Waals surface area contributed by atoms with Gasteiger partial charge in [-0.3, -0.25) is 23.7 Å². The minimum absolute atomic E-state index is 0. The summed E-state index contributed by atoms with van der Waals surface area (Å²) in [6.07, 6.45) is 39.1. The van der Waals surface area contributed by atoms with E-state index in [1.54, 1.807) is 24.3 Å². The number of benzene rings is 10. The molecule has 111 heavy (non-hydrogen) atoms. The predicted octanol–water partition coefficient (Wildman–Crippen LogP) is 20.9. The van der Waals surface area contributed by atoms with E-state index in [9.17, 15) is 26.3 Å². The van der Waals surface area contributed by atoms with E-state index in [1.807, 2.05) is 43.0 Å². The van der Waals surface area contributed by atoms with E-state index >= 15 is 0 Å². The van der Waals surface area contributed by atoms with Crippen molar-refractivity contribution in [2.45, 2.75) is 73.7 Å². The van der Waals surface area contributed by atoms with Crippen molar-refractivity contribution < 1.29 is 65.3 Å². The SMILES string of the molecule is [C-]#CC1=CC2=C3C(=C4C=C(C#[C-])S[C@@]4(C)[C@]2(C)S1)C(F)(F)C(F)(F)C3(F)F.[C-]#Cc1ccc(C)cc1.[C-]#Cc1ccc(N)cc1.[CH2-]CC[PH+](c1ccccc1)c1ccccc1.[CH2-]CC[PH+](c1ccccc1)c1ccccc1.[CH2-]CC[PH+](c1ccccc1)c1ccccc1.[CH2-]CC[PH+](c1ccccc1)c1ccccc1.[Ru+4].[Ru+4]. The van der Waals surface area contributed by atoms with Crippen LogP contribution in [0.1, 0.15) is 56.2 Å². The van der Waals surface area contributed by atoms with Gasteiger partial charge < -0.3 is 59.1 Å². The second kappa shape index (κ2) is 45.4. The van der Waals surface area contributed by atoms with E-state index in [-0.39, 0.29) is 59.9 Å². The number of allylic oxidation sites excluding steroid dienone is 6. The Morgan fingerprint density at radius 1 is 0.333 bits per heavy atom. The zero-order valence-electron chi connectivity index (χ0n) is 62.2. The number of anilines is 1. The molecule has 564 valence electrons. The van der Waals surface area contributed by atoms with Crippen molar-refractivity contribution in [1.29, 1.82) is 0 Å². The van der Waals surface area contributed by atoms with Crippen molar-refractivity contribution in [1.82, 2.24) is 0 Å². The molecule has 0 saturated heterocycles. The summed E-state index contributed by atoms with van der Waals surface area (Å²) < 4.78 is 84.3. The van der Waals surface area contributed by atoms with Crippen LogP contribution < -0.4 is 48.2 Å². The van der Waals surface area contributed by atoms with Crippen molar-refractivity contribution in [3.8, 4) is 23.7 Å². The van der Waals surface area contributed by atoms with Gasteiger partial charge in [0.15, 0.2) is 0 Å². The molecule has 0 bridgehead atoms. The number of nitrogen functional groups attached to an aromatic ring is 1. The van der Waals surface area contributed by atoms with E-state index in [1.165, 1.54) is 86.5 Å². The summed E-state index contributed by atoms with van der Waals surface area (Å²) in [6.45, 7) is 21.0. The first kappa shape index (κ1) is 92.3. The first-order chi connectivity index (χ1) is 52.6. The first-order valence-corrected chi connectivity index (χ1v) is 44.2. The van der Waals surface area contributed by atoms with Gasteiger partial charge in [0.25, 0.3) is 0 Å². The Morgan fingerprint density at radius 2 is 0.541 bits per heavy atom. The number of hydrogen-bond acceptors (Lipinski definition) is 3. The maximum Gasteiger partial charge on any atom is 4.00 e. The molecule has 15 heteroatoms. The van der Waals surface area contributed by atoms with Crippen LogP contribution in [0.5, 0.6) is 0 Å². The standard InChI is InChI=1S/C19H8F6S2.4C15H16P.C9H7.C8H6N.2Ru/c1-5-9-7-11-13-14(18(22,23)19(24,25)17(13,20)21)12-8-10(6-2)27-16(12,4)15(11,3)26-9;4*1-2-13-16(14-9-5-3-6-10-14)15-11-7-4-8-12-15;1-3-9-6-4-8(2)5-7-9;1-2-7-3-5-8(9)6-4-7;;/h7-8H,3-4H3;4*3-12H,1-2,13H2;4-7H,2H3;3-6H,9H2;;/q-2;6*-1;2*+4/p+4/t15-,16-;;;;;;;;/m1......../s1. The Hall–Kier alpha value is -7.55. The molecule has 1 saturated carbocycles. The van der Waals surface area contributed by atoms with Gasteiger partial charge in [-0.05, 0) is 129 Å². The van der Waals surface area contributed by atoms with Crippen LogP contribution in [0.4, 0.5) is 32.0 Å². The Bertz CT molecular complexity index is 4170. The molecular weight excluding hydrogens is 1670 g/mol. The Labute approximate surface area is 696 Å². The second-order valence-electron chi connectivity index (χ2n) is 25.8. The Kier molecular flexibility index (Phi) is 37.7. The second-order valence-corrected chi connectivity index (χ2v) is 39.2. The fourth-order valence-electron chi connectivity index (χ4n) is 12.9. The molecular formula is C96H89F6NP4Ru2S2+4. The molecule has 2 aliphatic heterocycles. The predicted molar refractivity (Wildman–Crippen MR) is 467 cm³/mol. The number of alkyl halides is 6. The average Bonchev–Trinajstić information content (AvgIpc) is 1.49. The van der Waals surface area contributed by atoms with Crippen molar-refractivity contribution in [2.75, 3.05) is 30.4 Å². The van der Waals surface area contributed by atoms with Crippen molar-refractivity contribution in [3.63, 3.8) is 0 Å². The van der Waals surface area contributed by atoms with Gasteiger partial charge in [0.05, 0.1) is 74.1 Å². The molecule has 10 aromatic rings. The third-order valence-corrected chi connectivity index (χ3v) is 33.2. The molecule has 1 fully saturated rings. The number of halogens is 6. The molecule has 1 nitrogen and oxygen atoms in total. The maximum absolute atomic E-state index is 14.6. The summed E-state index contributed by atoms with van der Waals surface area (Å²) in [6, 6.07) is 101. The van der Waals surface area contributed by atoms with Gasteiger partial charge in [-0.1, -0.05) is 185 Å². The molecule has 10 aromatic carbocycles. The van der Waals surface area contributed by atoms with Gasteiger partial charge in [0.1, 0.15) is 0 Å². The summed E-state index contributed by atoms with van der Waals surface area (Å²) >= 11 is 1.88. The summed E-state index contributed by atoms with van der Waals surface area (Å²) in [7, 11) is -2.45. The van der Waals surface area contributed by atoms with Crippen LogP contribution in [0.2, 0.25) is 0 Å². The van der Waals surface area contributed by atoms with Crippen LogP contribution in [0.3, 0.4) is 0 Å².